The molecule has 0 aliphatic carbocycles. The van der Waals surface area contributed by atoms with Crippen molar-refractivity contribution in [2.75, 3.05) is 44.9 Å². The van der Waals surface area contributed by atoms with Crippen molar-refractivity contribution in [3.63, 3.8) is 0 Å². The van der Waals surface area contributed by atoms with Gasteiger partial charge >= 0.3 is 0 Å². The molecule has 96 valence electrons. The zero-order valence-electron chi connectivity index (χ0n) is 10.6. The summed E-state index contributed by atoms with van der Waals surface area (Å²) in [5.74, 6) is 2.42. The number of likely N-dealkylation sites (N-methyl/N-ethyl adjacent to an activating group) is 1. The highest BCUT2D eigenvalue weighted by molar-refractivity contribution is 7.99. The molecule has 1 rings (SSSR count). The van der Waals surface area contributed by atoms with Gasteiger partial charge in [-0.1, -0.05) is 6.92 Å². The summed E-state index contributed by atoms with van der Waals surface area (Å²) in [6.07, 6.45) is 2.77. The zero-order chi connectivity index (χ0) is 11.9. The van der Waals surface area contributed by atoms with E-state index in [1.54, 1.807) is 0 Å². The SMILES string of the molecule is CCSCCCN(C)CC1(O)CCOCC1. The van der Waals surface area contributed by atoms with Gasteiger partial charge in [-0.3, -0.25) is 0 Å². The fourth-order valence-corrected chi connectivity index (χ4v) is 2.69. The molecule has 0 aromatic rings. The first kappa shape index (κ1) is 14.3. The Morgan fingerprint density at radius 2 is 2.06 bits per heavy atom. The third-order valence-electron chi connectivity index (χ3n) is 3.02. The molecule has 3 nitrogen and oxygen atoms in total. The van der Waals surface area contributed by atoms with Crippen LogP contribution in [-0.4, -0.2) is 60.5 Å². The van der Waals surface area contributed by atoms with E-state index in [-0.39, 0.29) is 0 Å². The van der Waals surface area contributed by atoms with E-state index in [2.05, 4.69) is 18.9 Å². The molecular formula is C12H25NO2S. The molecule has 0 saturated carbocycles. The normalized spacial score (nSPS) is 20.2. The quantitative estimate of drug-likeness (QED) is 0.693. The van der Waals surface area contributed by atoms with E-state index in [1.807, 2.05) is 11.8 Å². The first-order valence-electron chi connectivity index (χ1n) is 6.23. The topological polar surface area (TPSA) is 32.7 Å². The molecule has 0 radical (unpaired) electrons. The third kappa shape index (κ3) is 5.53. The van der Waals surface area contributed by atoms with Crippen molar-refractivity contribution in [2.45, 2.75) is 31.8 Å². The predicted octanol–water partition coefficient (Wildman–Crippen LogP) is 1.60. The van der Waals surface area contributed by atoms with Crippen LogP contribution in [0.25, 0.3) is 0 Å². The molecule has 0 spiro atoms. The van der Waals surface area contributed by atoms with Gasteiger partial charge in [0.25, 0.3) is 0 Å². The van der Waals surface area contributed by atoms with E-state index >= 15 is 0 Å². The van der Waals surface area contributed by atoms with Crippen LogP contribution >= 0.6 is 11.8 Å². The molecular weight excluding hydrogens is 222 g/mol. The van der Waals surface area contributed by atoms with Crippen LogP contribution < -0.4 is 0 Å². The van der Waals surface area contributed by atoms with E-state index in [4.69, 9.17) is 4.74 Å². The minimum atomic E-state index is -0.509. The molecule has 0 bridgehead atoms. The molecule has 0 amide bonds. The summed E-state index contributed by atoms with van der Waals surface area (Å²) in [6.45, 7) is 5.47. The Hall–Kier alpha value is 0.230. The molecule has 0 atom stereocenters. The Balaban J connectivity index is 2.14. The first-order chi connectivity index (χ1) is 7.66. The summed E-state index contributed by atoms with van der Waals surface area (Å²) in [7, 11) is 2.10. The highest BCUT2D eigenvalue weighted by Gasteiger charge is 2.30. The van der Waals surface area contributed by atoms with Crippen molar-refractivity contribution in [2.24, 2.45) is 0 Å². The van der Waals surface area contributed by atoms with Crippen molar-refractivity contribution in [1.82, 2.24) is 4.90 Å². The number of aliphatic hydroxyl groups is 1. The lowest BCUT2D eigenvalue weighted by molar-refractivity contribution is -0.0767. The third-order valence-corrected chi connectivity index (χ3v) is 4.01. The largest absolute Gasteiger partial charge is 0.388 e. The Morgan fingerprint density at radius 3 is 2.69 bits per heavy atom. The summed E-state index contributed by atoms with van der Waals surface area (Å²) >= 11 is 1.99. The number of ether oxygens (including phenoxy) is 1. The van der Waals surface area contributed by atoms with Gasteiger partial charge < -0.3 is 14.7 Å². The van der Waals surface area contributed by atoms with Crippen LogP contribution in [0.3, 0.4) is 0 Å². The number of hydrogen-bond acceptors (Lipinski definition) is 4. The summed E-state index contributed by atoms with van der Waals surface area (Å²) in [6, 6.07) is 0. The second-order valence-corrected chi connectivity index (χ2v) is 6.02. The summed E-state index contributed by atoms with van der Waals surface area (Å²) in [5, 5.41) is 10.3. The summed E-state index contributed by atoms with van der Waals surface area (Å²) in [5.41, 5.74) is -0.509. The van der Waals surface area contributed by atoms with E-state index in [0.717, 1.165) is 25.9 Å². The van der Waals surface area contributed by atoms with Gasteiger partial charge in [0.15, 0.2) is 0 Å². The van der Waals surface area contributed by atoms with E-state index in [9.17, 15) is 5.11 Å². The predicted molar refractivity (Wildman–Crippen MR) is 70.1 cm³/mol. The van der Waals surface area contributed by atoms with Crippen LogP contribution in [0.2, 0.25) is 0 Å². The number of hydrogen-bond donors (Lipinski definition) is 1. The van der Waals surface area contributed by atoms with Gasteiger partial charge in [-0.05, 0) is 31.5 Å². The van der Waals surface area contributed by atoms with Crippen molar-refractivity contribution in [3.05, 3.63) is 0 Å². The Bertz CT molecular complexity index is 184. The maximum Gasteiger partial charge on any atom is 0.0817 e. The second-order valence-electron chi connectivity index (χ2n) is 4.62. The lowest BCUT2D eigenvalue weighted by atomic mass is 9.94. The van der Waals surface area contributed by atoms with Crippen LogP contribution in [-0.2, 0) is 4.74 Å². The average molecular weight is 247 g/mol. The average Bonchev–Trinajstić information content (AvgIpc) is 2.25. The maximum absolute atomic E-state index is 10.3. The molecule has 4 heteroatoms. The molecule has 16 heavy (non-hydrogen) atoms. The molecule has 1 fully saturated rings. The van der Waals surface area contributed by atoms with Crippen molar-refractivity contribution < 1.29 is 9.84 Å². The minimum Gasteiger partial charge on any atom is -0.388 e. The summed E-state index contributed by atoms with van der Waals surface area (Å²) < 4.78 is 5.28. The smallest absolute Gasteiger partial charge is 0.0817 e. The number of thioether (sulfide) groups is 1. The fourth-order valence-electron chi connectivity index (χ4n) is 2.07. The number of rotatable bonds is 7. The van der Waals surface area contributed by atoms with Gasteiger partial charge in [0.1, 0.15) is 0 Å². The van der Waals surface area contributed by atoms with Crippen LogP contribution in [0.1, 0.15) is 26.2 Å². The van der Waals surface area contributed by atoms with Crippen LogP contribution in [0.5, 0.6) is 0 Å². The van der Waals surface area contributed by atoms with E-state index < -0.39 is 5.60 Å². The van der Waals surface area contributed by atoms with Gasteiger partial charge in [0.2, 0.25) is 0 Å². The van der Waals surface area contributed by atoms with Crippen LogP contribution in [0, 0.1) is 0 Å². The van der Waals surface area contributed by atoms with Gasteiger partial charge in [-0.15, -0.1) is 0 Å². The molecule has 0 aromatic heterocycles. The zero-order valence-corrected chi connectivity index (χ0v) is 11.4. The highest BCUT2D eigenvalue weighted by Crippen LogP contribution is 2.21. The fraction of sp³-hybridized carbons (Fsp3) is 1.00. The molecule has 1 saturated heterocycles. The molecule has 1 N–H and O–H groups in total. The standard InChI is InChI=1S/C12H25NO2S/c1-3-16-10-4-7-13(2)11-12(14)5-8-15-9-6-12/h14H,3-11H2,1-2H3. The molecule has 1 aliphatic heterocycles. The lowest BCUT2D eigenvalue weighted by Crippen LogP contribution is -2.45. The van der Waals surface area contributed by atoms with Crippen LogP contribution in [0.15, 0.2) is 0 Å². The number of nitrogens with zero attached hydrogens (tertiary/aromatic N) is 1. The maximum atomic E-state index is 10.3. The Morgan fingerprint density at radius 1 is 1.38 bits per heavy atom. The summed E-state index contributed by atoms with van der Waals surface area (Å²) in [4.78, 5) is 2.25. The molecule has 1 heterocycles. The van der Waals surface area contributed by atoms with Crippen molar-refractivity contribution in [3.8, 4) is 0 Å². The first-order valence-corrected chi connectivity index (χ1v) is 7.38. The van der Waals surface area contributed by atoms with Crippen molar-refractivity contribution in [1.29, 1.82) is 0 Å². The Kier molecular flexibility index (Phi) is 6.73. The molecule has 0 unspecified atom stereocenters. The van der Waals surface area contributed by atoms with Gasteiger partial charge in [-0.2, -0.15) is 11.8 Å². The van der Waals surface area contributed by atoms with E-state index in [1.165, 1.54) is 17.9 Å². The van der Waals surface area contributed by atoms with E-state index in [0.29, 0.717) is 13.2 Å². The van der Waals surface area contributed by atoms with Crippen molar-refractivity contribution >= 4 is 11.8 Å². The second kappa shape index (κ2) is 7.54. The molecule has 1 aliphatic rings. The van der Waals surface area contributed by atoms with Gasteiger partial charge in [-0.25, -0.2) is 0 Å². The monoisotopic (exact) mass is 247 g/mol. The Labute approximate surface area is 104 Å². The highest BCUT2D eigenvalue weighted by atomic mass is 32.2. The molecule has 0 aromatic carbocycles. The lowest BCUT2D eigenvalue weighted by Gasteiger charge is -2.35. The van der Waals surface area contributed by atoms with Crippen LogP contribution in [0.4, 0.5) is 0 Å². The van der Waals surface area contributed by atoms with Gasteiger partial charge in [0, 0.05) is 32.6 Å². The minimum absolute atomic E-state index is 0.509. The van der Waals surface area contributed by atoms with Gasteiger partial charge in [0.05, 0.1) is 5.60 Å².